The number of ether oxygens (including phenoxy) is 1. The summed E-state index contributed by atoms with van der Waals surface area (Å²) in [6.45, 7) is 4.85. The third-order valence-corrected chi connectivity index (χ3v) is 4.40. The number of rotatable bonds is 7. The molecule has 1 atom stereocenters. The lowest BCUT2D eigenvalue weighted by atomic mass is 9.98. The van der Waals surface area contributed by atoms with E-state index in [-0.39, 0.29) is 18.6 Å². The topological polar surface area (TPSA) is 54.7 Å². The Morgan fingerprint density at radius 3 is 2.88 bits per heavy atom. The van der Waals surface area contributed by atoms with Gasteiger partial charge in [-0.2, -0.15) is 0 Å². The second-order valence-corrected chi connectivity index (χ2v) is 5.96. The molecule has 1 aliphatic rings. The van der Waals surface area contributed by atoms with Gasteiger partial charge in [0.05, 0.1) is 12.3 Å². The van der Waals surface area contributed by atoms with Crippen LogP contribution >= 0.6 is 0 Å². The van der Waals surface area contributed by atoms with Gasteiger partial charge in [-0.05, 0) is 36.6 Å². The second-order valence-electron chi connectivity index (χ2n) is 5.96. The average Bonchev–Trinajstić information content (AvgIpc) is 3.14. The normalized spacial score (nSPS) is 15.7. The average molecular weight is 328 g/mol. The molecule has 0 fully saturated rings. The summed E-state index contributed by atoms with van der Waals surface area (Å²) in [4.78, 5) is 14.2. The Hall–Kier alpha value is -2.11. The van der Waals surface area contributed by atoms with Gasteiger partial charge in [-0.25, -0.2) is 0 Å². The summed E-state index contributed by atoms with van der Waals surface area (Å²) in [6.07, 6.45) is 2.70. The first-order valence-electron chi connectivity index (χ1n) is 8.46. The van der Waals surface area contributed by atoms with Crippen LogP contribution in [0.5, 0.6) is 0 Å². The summed E-state index contributed by atoms with van der Waals surface area (Å²) >= 11 is 0. The van der Waals surface area contributed by atoms with Crippen molar-refractivity contribution in [3.63, 3.8) is 0 Å². The van der Waals surface area contributed by atoms with Crippen LogP contribution in [0.3, 0.4) is 0 Å². The summed E-state index contributed by atoms with van der Waals surface area (Å²) in [5, 5.41) is 2.96. The Morgan fingerprint density at radius 1 is 1.29 bits per heavy atom. The highest BCUT2D eigenvalue weighted by Crippen LogP contribution is 2.27. The van der Waals surface area contributed by atoms with E-state index in [4.69, 9.17) is 9.15 Å². The Labute approximate surface area is 142 Å². The van der Waals surface area contributed by atoms with Crippen molar-refractivity contribution in [3.05, 3.63) is 59.5 Å². The zero-order chi connectivity index (χ0) is 16.8. The molecule has 24 heavy (non-hydrogen) atoms. The van der Waals surface area contributed by atoms with Crippen molar-refractivity contribution in [2.75, 3.05) is 26.3 Å². The number of carbonyl (C=O) groups excluding carboxylic acids is 1. The van der Waals surface area contributed by atoms with E-state index >= 15 is 0 Å². The first kappa shape index (κ1) is 16.7. The van der Waals surface area contributed by atoms with Gasteiger partial charge >= 0.3 is 0 Å². The van der Waals surface area contributed by atoms with Gasteiger partial charge in [-0.3, -0.25) is 9.69 Å². The number of furan rings is 1. The number of fused-ring (bicyclic) bond motifs is 1. The van der Waals surface area contributed by atoms with Crippen LogP contribution in [0.2, 0.25) is 0 Å². The number of nitrogens with zero attached hydrogens (tertiary/aromatic N) is 1. The predicted molar refractivity (Wildman–Crippen MR) is 91.5 cm³/mol. The lowest BCUT2D eigenvalue weighted by molar-refractivity contribution is -0.125. The lowest BCUT2D eigenvalue weighted by Gasteiger charge is -2.34. The number of hydrogen-bond donors (Lipinski definition) is 1. The van der Waals surface area contributed by atoms with Gasteiger partial charge in [0.15, 0.2) is 0 Å². The van der Waals surface area contributed by atoms with E-state index in [2.05, 4.69) is 34.5 Å². The van der Waals surface area contributed by atoms with E-state index in [1.165, 1.54) is 11.1 Å². The molecule has 3 rings (SSSR count). The van der Waals surface area contributed by atoms with E-state index in [9.17, 15) is 4.79 Å². The van der Waals surface area contributed by atoms with Gasteiger partial charge in [-0.1, -0.05) is 24.3 Å². The maximum Gasteiger partial charge on any atom is 0.246 e. The highest BCUT2D eigenvalue weighted by Gasteiger charge is 2.26. The smallest absolute Gasteiger partial charge is 0.246 e. The minimum Gasteiger partial charge on any atom is -0.468 e. The molecule has 0 aliphatic carbocycles. The Bertz CT molecular complexity index is 654. The molecule has 128 valence electrons. The quantitative estimate of drug-likeness (QED) is 0.848. The number of hydrogen-bond acceptors (Lipinski definition) is 4. The monoisotopic (exact) mass is 328 g/mol. The summed E-state index contributed by atoms with van der Waals surface area (Å²) in [7, 11) is 0. The lowest BCUT2D eigenvalue weighted by Crippen LogP contribution is -2.41. The summed E-state index contributed by atoms with van der Waals surface area (Å²) in [5.74, 6) is 0.789. The van der Waals surface area contributed by atoms with Crippen LogP contribution in [0.15, 0.2) is 47.1 Å². The molecule has 1 amide bonds. The zero-order valence-electron chi connectivity index (χ0n) is 14.0. The number of nitrogens with one attached hydrogen (secondary N) is 1. The maximum atomic E-state index is 11.9. The molecule has 5 nitrogen and oxygen atoms in total. The molecule has 0 saturated heterocycles. The van der Waals surface area contributed by atoms with E-state index in [1.54, 1.807) is 6.26 Å². The standard InChI is InChI=1S/C19H24N2O3/c1-2-23-14-19(22)20-12-17(18-8-5-11-24-18)21-10-9-15-6-3-4-7-16(15)13-21/h3-8,11,17H,2,9-10,12-14H2,1H3,(H,20,22)/t17-/m1/s1. The maximum absolute atomic E-state index is 11.9. The zero-order valence-corrected chi connectivity index (χ0v) is 14.0. The van der Waals surface area contributed by atoms with Crippen molar-refractivity contribution in [1.82, 2.24) is 10.2 Å². The molecule has 0 unspecified atom stereocenters. The molecule has 0 spiro atoms. The summed E-state index contributed by atoms with van der Waals surface area (Å²) < 4.78 is 10.8. The summed E-state index contributed by atoms with van der Waals surface area (Å²) in [5.41, 5.74) is 2.76. The van der Waals surface area contributed by atoms with Crippen molar-refractivity contribution in [2.45, 2.75) is 25.9 Å². The highest BCUT2D eigenvalue weighted by molar-refractivity contribution is 5.77. The molecular formula is C19H24N2O3. The SMILES string of the molecule is CCOCC(=O)NC[C@H](c1ccco1)N1CCc2ccccc2C1. The molecule has 1 N–H and O–H groups in total. The Kier molecular flexibility index (Phi) is 5.67. The van der Waals surface area contributed by atoms with Crippen molar-refractivity contribution in [3.8, 4) is 0 Å². The van der Waals surface area contributed by atoms with Crippen molar-refractivity contribution >= 4 is 5.91 Å². The molecule has 0 bridgehead atoms. The first-order chi connectivity index (χ1) is 11.8. The number of carbonyl (C=O) groups is 1. The third kappa shape index (κ3) is 4.04. The van der Waals surface area contributed by atoms with Gasteiger partial charge in [0.2, 0.25) is 5.91 Å². The molecular weight excluding hydrogens is 304 g/mol. The van der Waals surface area contributed by atoms with E-state index < -0.39 is 0 Å². The number of amides is 1. The molecule has 1 aliphatic heterocycles. The molecule has 2 aromatic rings. The van der Waals surface area contributed by atoms with Crippen LogP contribution in [0.25, 0.3) is 0 Å². The fourth-order valence-corrected chi connectivity index (χ4v) is 3.13. The molecule has 1 aromatic heterocycles. The molecule has 2 heterocycles. The van der Waals surface area contributed by atoms with Gasteiger partial charge in [0.1, 0.15) is 12.4 Å². The molecule has 0 saturated carbocycles. The van der Waals surface area contributed by atoms with E-state index in [0.29, 0.717) is 13.2 Å². The highest BCUT2D eigenvalue weighted by atomic mass is 16.5. The van der Waals surface area contributed by atoms with Gasteiger partial charge in [0.25, 0.3) is 0 Å². The third-order valence-electron chi connectivity index (χ3n) is 4.40. The molecule has 5 heteroatoms. The van der Waals surface area contributed by atoms with Crippen LogP contribution in [0.4, 0.5) is 0 Å². The van der Waals surface area contributed by atoms with E-state index in [0.717, 1.165) is 25.3 Å². The molecule has 0 radical (unpaired) electrons. The minimum atomic E-state index is -0.0918. The van der Waals surface area contributed by atoms with Gasteiger partial charge < -0.3 is 14.5 Å². The summed E-state index contributed by atoms with van der Waals surface area (Å²) in [6, 6.07) is 12.4. The van der Waals surface area contributed by atoms with Crippen molar-refractivity contribution < 1.29 is 13.9 Å². The Morgan fingerprint density at radius 2 is 2.12 bits per heavy atom. The first-order valence-corrected chi connectivity index (χ1v) is 8.46. The van der Waals surface area contributed by atoms with Gasteiger partial charge in [0, 0.05) is 26.2 Å². The van der Waals surface area contributed by atoms with Crippen molar-refractivity contribution in [1.29, 1.82) is 0 Å². The fourth-order valence-electron chi connectivity index (χ4n) is 3.13. The van der Waals surface area contributed by atoms with Crippen LogP contribution in [0, 0.1) is 0 Å². The van der Waals surface area contributed by atoms with Crippen LogP contribution in [0.1, 0.15) is 29.9 Å². The number of benzene rings is 1. The van der Waals surface area contributed by atoms with Gasteiger partial charge in [-0.15, -0.1) is 0 Å². The van der Waals surface area contributed by atoms with Crippen LogP contribution in [-0.2, 0) is 22.5 Å². The predicted octanol–water partition coefficient (Wildman–Crippen LogP) is 2.53. The minimum absolute atomic E-state index is 0.0268. The largest absolute Gasteiger partial charge is 0.468 e. The fraction of sp³-hybridized carbons (Fsp3) is 0.421. The molecule has 1 aromatic carbocycles. The van der Waals surface area contributed by atoms with Crippen LogP contribution < -0.4 is 5.32 Å². The van der Waals surface area contributed by atoms with Crippen LogP contribution in [-0.4, -0.2) is 37.1 Å². The van der Waals surface area contributed by atoms with Crippen molar-refractivity contribution in [2.24, 2.45) is 0 Å². The second kappa shape index (κ2) is 8.13. The van der Waals surface area contributed by atoms with E-state index in [1.807, 2.05) is 19.1 Å². The Balaban J connectivity index is 1.68.